The Bertz CT molecular complexity index is 318. The highest BCUT2D eigenvalue weighted by atomic mass is 16.4. The van der Waals surface area contributed by atoms with E-state index >= 15 is 0 Å². The molecule has 0 saturated heterocycles. The number of carboxylic acids is 1. The Labute approximate surface area is 113 Å². The Morgan fingerprint density at radius 3 is 2.26 bits per heavy atom. The van der Waals surface area contributed by atoms with E-state index in [1.54, 1.807) is 0 Å². The zero-order valence-electron chi connectivity index (χ0n) is 11.9. The number of carbonyl (C=O) groups excluding carboxylic acids is 2. The molecule has 0 bridgehead atoms. The number of hydrogen-bond donors (Lipinski definition) is 3. The number of rotatable bonds is 9. The lowest BCUT2D eigenvalue weighted by atomic mass is 9.98. The van der Waals surface area contributed by atoms with Crippen molar-refractivity contribution in [3.8, 4) is 0 Å². The number of carboxylic acid groups (broad SMARTS) is 1. The van der Waals surface area contributed by atoms with E-state index in [0.29, 0.717) is 6.54 Å². The third-order valence-electron chi connectivity index (χ3n) is 2.96. The van der Waals surface area contributed by atoms with E-state index in [1.807, 2.05) is 20.8 Å². The van der Waals surface area contributed by atoms with Gasteiger partial charge in [-0.3, -0.25) is 14.4 Å². The van der Waals surface area contributed by atoms with Crippen LogP contribution in [0.15, 0.2) is 0 Å². The zero-order valence-corrected chi connectivity index (χ0v) is 11.9. The number of amides is 2. The fourth-order valence-electron chi connectivity index (χ4n) is 1.63. The highest BCUT2D eigenvalue weighted by Crippen LogP contribution is 2.08. The van der Waals surface area contributed by atoms with Gasteiger partial charge in [-0.1, -0.05) is 20.3 Å². The molecule has 0 heterocycles. The second-order valence-electron chi connectivity index (χ2n) is 4.57. The van der Waals surface area contributed by atoms with Crippen LogP contribution >= 0.6 is 0 Å². The molecule has 1 unspecified atom stereocenters. The van der Waals surface area contributed by atoms with Crippen LogP contribution in [0.5, 0.6) is 0 Å². The van der Waals surface area contributed by atoms with Crippen LogP contribution in [0.1, 0.15) is 46.5 Å². The van der Waals surface area contributed by atoms with E-state index in [1.165, 1.54) is 0 Å². The SMILES string of the molecule is CCNC(=O)C(NC(=O)CCCC(=O)O)[C@@H](C)CC. The average molecular weight is 272 g/mol. The van der Waals surface area contributed by atoms with Gasteiger partial charge in [-0.05, 0) is 19.3 Å². The summed E-state index contributed by atoms with van der Waals surface area (Å²) in [5.41, 5.74) is 0. The fourth-order valence-corrected chi connectivity index (χ4v) is 1.63. The van der Waals surface area contributed by atoms with Gasteiger partial charge in [0.1, 0.15) is 6.04 Å². The second kappa shape index (κ2) is 9.35. The van der Waals surface area contributed by atoms with Crippen molar-refractivity contribution < 1.29 is 19.5 Å². The number of carbonyl (C=O) groups is 3. The monoisotopic (exact) mass is 272 g/mol. The summed E-state index contributed by atoms with van der Waals surface area (Å²) in [5.74, 6) is -1.36. The lowest BCUT2D eigenvalue weighted by molar-refractivity contribution is -0.137. The van der Waals surface area contributed by atoms with Crippen molar-refractivity contribution in [1.29, 1.82) is 0 Å². The maximum Gasteiger partial charge on any atom is 0.303 e. The molecule has 0 fully saturated rings. The summed E-state index contributed by atoms with van der Waals surface area (Å²) in [5, 5.41) is 13.9. The maximum atomic E-state index is 11.8. The average Bonchev–Trinajstić information content (AvgIpc) is 2.34. The van der Waals surface area contributed by atoms with E-state index in [2.05, 4.69) is 10.6 Å². The summed E-state index contributed by atoms with van der Waals surface area (Å²) in [6.07, 6.45) is 1.14. The molecule has 0 saturated carbocycles. The lowest BCUT2D eigenvalue weighted by Gasteiger charge is -2.23. The largest absolute Gasteiger partial charge is 0.481 e. The Morgan fingerprint density at radius 1 is 1.16 bits per heavy atom. The molecule has 0 aliphatic heterocycles. The highest BCUT2D eigenvalue weighted by Gasteiger charge is 2.25. The number of nitrogens with one attached hydrogen (secondary N) is 2. The van der Waals surface area contributed by atoms with Gasteiger partial charge in [-0.15, -0.1) is 0 Å². The Morgan fingerprint density at radius 2 is 1.79 bits per heavy atom. The normalized spacial score (nSPS) is 13.4. The van der Waals surface area contributed by atoms with E-state index in [9.17, 15) is 14.4 Å². The predicted octanol–water partition coefficient (Wildman–Crippen LogP) is 0.908. The first-order valence-corrected chi connectivity index (χ1v) is 6.71. The van der Waals surface area contributed by atoms with Crippen LogP contribution in [0, 0.1) is 5.92 Å². The molecule has 0 rings (SSSR count). The molecule has 0 aromatic rings. The van der Waals surface area contributed by atoms with Gasteiger partial charge in [0.2, 0.25) is 11.8 Å². The summed E-state index contributed by atoms with van der Waals surface area (Å²) in [6, 6.07) is -0.553. The van der Waals surface area contributed by atoms with Crippen LogP contribution < -0.4 is 10.6 Å². The molecular weight excluding hydrogens is 248 g/mol. The quantitative estimate of drug-likeness (QED) is 0.581. The van der Waals surface area contributed by atoms with Crippen molar-refractivity contribution in [2.75, 3.05) is 6.54 Å². The van der Waals surface area contributed by atoms with Gasteiger partial charge < -0.3 is 15.7 Å². The van der Waals surface area contributed by atoms with Crippen molar-refractivity contribution >= 4 is 17.8 Å². The molecular formula is C13H24N2O4. The first-order chi connectivity index (χ1) is 8.92. The third kappa shape index (κ3) is 7.43. The van der Waals surface area contributed by atoms with E-state index in [0.717, 1.165) is 6.42 Å². The van der Waals surface area contributed by atoms with Gasteiger partial charge in [0.15, 0.2) is 0 Å². The zero-order chi connectivity index (χ0) is 14.8. The molecule has 0 aliphatic carbocycles. The van der Waals surface area contributed by atoms with Crippen LogP contribution in [-0.2, 0) is 14.4 Å². The van der Waals surface area contributed by atoms with E-state index in [4.69, 9.17) is 5.11 Å². The molecule has 0 aromatic heterocycles. The minimum atomic E-state index is -0.921. The molecule has 6 heteroatoms. The minimum absolute atomic E-state index is 0.0370. The summed E-state index contributed by atoms with van der Waals surface area (Å²) in [4.78, 5) is 33.9. The first-order valence-electron chi connectivity index (χ1n) is 6.71. The fraction of sp³-hybridized carbons (Fsp3) is 0.769. The molecule has 3 N–H and O–H groups in total. The third-order valence-corrected chi connectivity index (χ3v) is 2.96. The molecule has 19 heavy (non-hydrogen) atoms. The van der Waals surface area contributed by atoms with Gasteiger partial charge in [-0.25, -0.2) is 0 Å². The smallest absolute Gasteiger partial charge is 0.303 e. The van der Waals surface area contributed by atoms with Gasteiger partial charge in [0.25, 0.3) is 0 Å². The van der Waals surface area contributed by atoms with Gasteiger partial charge in [-0.2, -0.15) is 0 Å². The topological polar surface area (TPSA) is 95.5 Å². The van der Waals surface area contributed by atoms with Crippen LogP contribution in [0.25, 0.3) is 0 Å². The van der Waals surface area contributed by atoms with Crippen molar-refractivity contribution in [3.63, 3.8) is 0 Å². The number of aliphatic carboxylic acids is 1. The summed E-state index contributed by atoms with van der Waals surface area (Å²) >= 11 is 0. The molecule has 0 radical (unpaired) electrons. The van der Waals surface area contributed by atoms with Crippen molar-refractivity contribution in [3.05, 3.63) is 0 Å². The van der Waals surface area contributed by atoms with Crippen LogP contribution in [-0.4, -0.2) is 35.5 Å². The molecule has 6 nitrogen and oxygen atoms in total. The Balaban J connectivity index is 4.34. The van der Waals surface area contributed by atoms with Crippen molar-refractivity contribution in [2.45, 2.75) is 52.5 Å². The van der Waals surface area contributed by atoms with E-state index in [-0.39, 0.29) is 37.0 Å². The summed E-state index contributed by atoms with van der Waals surface area (Å²) in [7, 11) is 0. The van der Waals surface area contributed by atoms with E-state index < -0.39 is 12.0 Å². The highest BCUT2D eigenvalue weighted by molar-refractivity contribution is 5.87. The van der Waals surface area contributed by atoms with Crippen molar-refractivity contribution in [2.24, 2.45) is 5.92 Å². The van der Waals surface area contributed by atoms with Gasteiger partial charge in [0, 0.05) is 19.4 Å². The number of hydrogen-bond acceptors (Lipinski definition) is 3. The molecule has 0 spiro atoms. The lowest BCUT2D eigenvalue weighted by Crippen LogP contribution is -2.50. The molecule has 0 aromatic carbocycles. The summed E-state index contributed by atoms with van der Waals surface area (Å²) in [6.45, 7) is 6.19. The predicted molar refractivity (Wildman–Crippen MR) is 71.6 cm³/mol. The molecule has 110 valence electrons. The molecule has 0 aliphatic rings. The van der Waals surface area contributed by atoms with Gasteiger partial charge in [0.05, 0.1) is 0 Å². The number of likely N-dealkylation sites (N-methyl/N-ethyl adjacent to an activating group) is 1. The molecule has 2 amide bonds. The second-order valence-corrected chi connectivity index (χ2v) is 4.57. The van der Waals surface area contributed by atoms with Gasteiger partial charge >= 0.3 is 5.97 Å². The first kappa shape index (κ1) is 17.4. The minimum Gasteiger partial charge on any atom is -0.481 e. The summed E-state index contributed by atoms with van der Waals surface area (Å²) < 4.78 is 0. The Kier molecular flexibility index (Phi) is 8.57. The maximum absolute atomic E-state index is 11.8. The standard InChI is InChI=1S/C13H24N2O4/c1-4-9(3)12(13(19)14-5-2)15-10(16)7-6-8-11(17)18/h9,12H,4-8H2,1-3H3,(H,14,19)(H,15,16)(H,17,18)/t9-,12?/m0/s1. The van der Waals surface area contributed by atoms with Crippen molar-refractivity contribution in [1.82, 2.24) is 10.6 Å². The van der Waals surface area contributed by atoms with Crippen LogP contribution in [0.3, 0.4) is 0 Å². The van der Waals surface area contributed by atoms with Crippen LogP contribution in [0.4, 0.5) is 0 Å². The van der Waals surface area contributed by atoms with Crippen LogP contribution in [0.2, 0.25) is 0 Å². The Hall–Kier alpha value is -1.59. The molecule has 2 atom stereocenters.